The summed E-state index contributed by atoms with van der Waals surface area (Å²) < 4.78 is 13.6. The quantitative estimate of drug-likeness (QED) is 0.0589. The van der Waals surface area contributed by atoms with E-state index in [1.165, 1.54) is 0 Å². The van der Waals surface area contributed by atoms with E-state index >= 15 is 0 Å². The highest BCUT2D eigenvalue weighted by molar-refractivity contribution is 5.98. The lowest BCUT2D eigenvalue weighted by Gasteiger charge is -2.34. The maximum atomic E-state index is 13.2. The van der Waals surface area contributed by atoms with Gasteiger partial charge in [0, 0.05) is 63.3 Å². The zero-order valence-electron chi connectivity index (χ0n) is 35.7. The summed E-state index contributed by atoms with van der Waals surface area (Å²) in [6, 6.07) is 12.8. The SMILES string of the molecule is CCCCCNc1nc(N)nc2ccn(Cc3ccc(CN4CCN(C(=O)OCc5ccc(NC(=O)[C@H](CCCNC(N)=O)NC(=O)[C@@H](N)C(C)C)cc5)CC4)cc3OC)c12. The topological polar surface area (TPSA) is 250 Å². The van der Waals surface area contributed by atoms with Gasteiger partial charge in [-0.1, -0.05) is 57.9 Å². The molecule has 1 saturated heterocycles. The standard InChI is InChI=1S/C43H62N12O6/c1-5-6-7-17-47-38-37-33(51-41(45)52-38)16-19-55(37)26-31-13-10-30(24-35(31)60-4)25-53-20-22-54(23-21-53)43(59)61-27-29-11-14-32(15-12-29)49-39(56)34(9-8-18-48-42(46)58)50-40(57)36(44)28(2)3/h10-16,19,24,28,34,36H,5-9,17-18,20-23,25-27,44H2,1-4H3,(H,49,56)(H,50,57)(H3,46,48,58)(H3,45,47,51,52)/t34-,36-/m0/s1. The number of carbonyl (C=O) groups is 4. The molecule has 61 heavy (non-hydrogen) atoms. The third-order valence-corrected chi connectivity index (χ3v) is 10.6. The zero-order chi connectivity index (χ0) is 43.9. The molecule has 0 unspecified atom stereocenters. The summed E-state index contributed by atoms with van der Waals surface area (Å²) in [6.07, 6.45) is 5.58. The van der Waals surface area contributed by atoms with Gasteiger partial charge in [-0.15, -0.1) is 0 Å². The van der Waals surface area contributed by atoms with Crippen LogP contribution in [0.5, 0.6) is 5.75 Å². The van der Waals surface area contributed by atoms with Crippen LogP contribution in [0, 0.1) is 5.92 Å². The number of methoxy groups -OCH3 is 1. The third kappa shape index (κ3) is 13.4. The molecule has 0 bridgehead atoms. The lowest BCUT2D eigenvalue weighted by atomic mass is 10.0. The summed E-state index contributed by atoms with van der Waals surface area (Å²) >= 11 is 0. The highest BCUT2D eigenvalue weighted by Crippen LogP contribution is 2.28. The van der Waals surface area contributed by atoms with E-state index in [2.05, 4.69) is 65.8 Å². The molecular formula is C43H62N12O6. The molecule has 4 aromatic rings. The van der Waals surface area contributed by atoms with Gasteiger partial charge in [-0.25, -0.2) is 14.6 Å². The van der Waals surface area contributed by atoms with E-state index in [0.29, 0.717) is 51.4 Å². The summed E-state index contributed by atoms with van der Waals surface area (Å²) in [5, 5.41) is 11.5. The molecule has 0 radical (unpaired) electrons. The Balaban J connectivity index is 1.08. The predicted octanol–water partition coefficient (Wildman–Crippen LogP) is 3.98. The molecule has 2 aromatic carbocycles. The summed E-state index contributed by atoms with van der Waals surface area (Å²) in [6.45, 7) is 10.6. The first-order chi connectivity index (χ1) is 29.3. The molecule has 330 valence electrons. The molecule has 3 heterocycles. The van der Waals surface area contributed by atoms with Crippen molar-refractivity contribution in [1.82, 2.24) is 35.0 Å². The second-order valence-electron chi connectivity index (χ2n) is 15.7. The van der Waals surface area contributed by atoms with Crippen LogP contribution in [0.4, 0.5) is 27.0 Å². The number of nitrogens with one attached hydrogen (secondary N) is 4. The number of nitrogens with zero attached hydrogens (tertiary/aromatic N) is 5. The molecule has 18 heteroatoms. The van der Waals surface area contributed by atoms with E-state index in [-0.39, 0.29) is 31.4 Å². The first kappa shape index (κ1) is 45.9. The van der Waals surface area contributed by atoms with Crippen molar-refractivity contribution in [2.75, 3.05) is 62.7 Å². The third-order valence-electron chi connectivity index (χ3n) is 10.6. The lowest BCUT2D eigenvalue weighted by molar-refractivity contribution is -0.128. The number of piperazine rings is 1. The van der Waals surface area contributed by atoms with Gasteiger partial charge in [0.25, 0.3) is 0 Å². The number of carbonyl (C=O) groups excluding carboxylic acids is 4. The van der Waals surface area contributed by atoms with Gasteiger partial charge in [-0.2, -0.15) is 4.98 Å². The fraction of sp³-hybridized carbons (Fsp3) is 0.488. The lowest BCUT2D eigenvalue weighted by Crippen LogP contribution is -2.51. The van der Waals surface area contributed by atoms with Gasteiger partial charge in [0.2, 0.25) is 17.8 Å². The van der Waals surface area contributed by atoms with E-state index in [9.17, 15) is 19.2 Å². The minimum absolute atomic E-state index is 0.0642. The Labute approximate surface area is 357 Å². The number of anilines is 3. The molecule has 2 aromatic heterocycles. The molecule has 2 atom stereocenters. The first-order valence-corrected chi connectivity index (χ1v) is 21.0. The number of unbranched alkanes of at least 4 members (excludes halogenated alkanes) is 2. The number of aromatic nitrogens is 3. The molecule has 0 saturated carbocycles. The van der Waals surface area contributed by atoms with E-state index in [0.717, 1.165) is 65.1 Å². The van der Waals surface area contributed by atoms with Crippen LogP contribution in [-0.2, 0) is 34.0 Å². The maximum Gasteiger partial charge on any atom is 0.410 e. The van der Waals surface area contributed by atoms with Crippen molar-refractivity contribution < 1.29 is 28.7 Å². The van der Waals surface area contributed by atoms with Crippen molar-refractivity contribution in [3.05, 3.63) is 71.4 Å². The molecule has 1 fully saturated rings. The number of amides is 5. The number of fused-ring (bicyclic) bond motifs is 1. The fourth-order valence-electron chi connectivity index (χ4n) is 7.02. The molecule has 10 N–H and O–H groups in total. The average Bonchev–Trinajstić information content (AvgIpc) is 3.65. The predicted molar refractivity (Wildman–Crippen MR) is 236 cm³/mol. The van der Waals surface area contributed by atoms with Crippen LogP contribution in [-0.4, -0.2) is 107 Å². The van der Waals surface area contributed by atoms with Crippen molar-refractivity contribution >= 4 is 52.4 Å². The summed E-state index contributed by atoms with van der Waals surface area (Å²) in [5.41, 5.74) is 22.2. The molecule has 5 amide bonds. The molecule has 1 aliphatic heterocycles. The first-order valence-electron chi connectivity index (χ1n) is 21.0. The molecule has 18 nitrogen and oxygen atoms in total. The van der Waals surface area contributed by atoms with Crippen LogP contribution in [0.2, 0.25) is 0 Å². The molecule has 0 aliphatic carbocycles. The van der Waals surface area contributed by atoms with Gasteiger partial charge in [0.1, 0.15) is 23.9 Å². The Morgan fingerprint density at radius 1 is 0.885 bits per heavy atom. The van der Waals surface area contributed by atoms with Crippen LogP contribution >= 0.6 is 0 Å². The zero-order valence-corrected chi connectivity index (χ0v) is 35.7. The number of rotatable bonds is 21. The van der Waals surface area contributed by atoms with Crippen molar-refractivity contribution in [3.8, 4) is 5.75 Å². The van der Waals surface area contributed by atoms with Crippen LogP contribution < -0.4 is 43.2 Å². The molecule has 1 aliphatic rings. The number of nitrogen functional groups attached to an aromatic ring is 1. The normalized spacial score (nSPS) is 14.0. The van der Waals surface area contributed by atoms with Gasteiger partial charge in [0.05, 0.1) is 25.2 Å². The van der Waals surface area contributed by atoms with Crippen LogP contribution in [0.1, 0.15) is 69.6 Å². The number of hydrogen-bond donors (Lipinski definition) is 7. The van der Waals surface area contributed by atoms with Gasteiger partial charge in [-0.3, -0.25) is 14.5 Å². The maximum absolute atomic E-state index is 13.2. The highest BCUT2D eigenvalue weighted by Gasteiger charge is 2.26. The largest absolute Gasteiger partial charge is 0.496 e. The van der Waals surface area contributed by atoms with E-state index in [1.807, 2.05) is 26.1 Å². The Kier molecular flexibility index (Phi) is 16.9. The van der Waals surface area contributed by atoms with Gasteiger partial charge in [0.15, 0.2) is 5.82 Å². The number of benzene rings is 2. The number of nitrogens with two attached hydrogens (primary N) is 3. The Hall–Kier alpha value is -6.14. The van der Waals surface area contributed by atoms with Crippen LogP contribution in [0.3, 0.4) is 0 Å². The van der Waals surface area contributed by atoms with Gasteiger partial charge >= 0.3 is 12.1 Å². The van der Waals surface area contributed by atoms with E-state index < -0.39 is 36.0 Å². The highest BCUT2D eigenvalue weighted by atomic mass is 16.6. The Morgan fingerprint density at radius 3 is 2.31 bits per heavy atom. The Bertz CT molecular complexity index is 2080. The van der Waals surface area contributed by atoms with Gasteiger partial charge < -0.3 is 57.4 Å². The number of primary amides is 1. The van der Waals surface area contributed by atoms with Crippen molar-refractivity contribution in [2.45, 2.75) is 84.7 Å². The Morgan fingerprint density at radius 2 is 1.62 bits per heavy atom. The van der Waals surface area contributed by atoms with E-state index in [1.54, 1.807) is 36.3 Å². The van der Waals surface area contributed by atoms with Crippen LogP contribution in [0.25, 0.3) is 11.0 Å². The van der Waals surface area contributed by atoms with Gasteiger partial charge in [-0.05, 0) is 60.6 Å². The van der Waals surface area contributed by atoms with Crippen molar-refractivity contribution in [3.63, 3.8) is 0 Å². The number of ether oxygens (including phenoxy) is 2. The average molecular weight is 843 g/mol. The summed E-state index contributed by atoms with van der Waals surface area (Å²) in [5.74, 6) is 0.770. The minimum atomic E-state index is -0.882. The molecular weight excluding hydrogens is 781 g/mol. The fourth-order valence-corrected chi connectivity index (χ4v) is 7.02. The van der Waals surface area contributed by atoms with Crippen molar-refractivity contribution in [1.29, 1.82) is 0 Å². The second-order valence-corrected chi connectivity index (χ2v) is 15.7. The summed E-state index contributed by atoms with van der Waals surface area (Å²) in [7, 11) is 1.68. The second kappa shape index (κ2) is 22.5. The number of hydrogen-bond acceptors (Lipinski definition) is 12. The molecule has 5 rings (SSSR count). The number of urea groups is 1. The van der Waals surface area contributed by atoms with Crippen LogP contribution in [0.15, 0.2) is 54.7 Å². The van der Waals surface area contributed by atoms with E-state index in [4.69, 9.17) is 26.7 Å². The monoisotopic (exact) mass is 842 g/mol. The minimum Gasteiger partial charge on any atom is -0.496 e. The van der Waals surface area contributed by atoms with Crippen molar-refractivity contribution in [2.24, 2.45) is 17.4 Å². The smallest absolute Gasteiger partial charge is 0.410 e. The molecule has 0 spiro atoms. The summed E-state index contributed by atoms with van der Waals surface area (Å²) in [4.78, 5) is 62.9.